The summed E-state index contributed by atoms with van der Waals surface area (Å²) in [6.07, 6.45) is 0. The number of esters is 1. The Labute approximate surface area is 175 Å². The molecule has 2 aromatic carbocycles. The zero-order valence-corrected chi connectivity index (χ0v) is 17.2. The molecule has 152 valence electrons. The molecule has 0 fully saturated rings. The monoisotopic (exact) mass is 424 g/mol. The molecule has 2 heterocycles. The lowest BCUT2D eigenvalue weighted by Crippen LogP contribution is -2.04. The van der Waals surface area contributed by atoms with E-state index in [-0.39, 0.29) is 17.3 Å². The molecule has 0 aliphatic rings. The maximum Gasteiger partial charge on any atom is 0.340 e. The van der Waals surface area contributed by atoms with Crippen LogP contribution >= 0.6 is 11.3 Å². The molecule has 0 radical (unpaired) electrons. The average molecular weight is 424 g/mol. The molecule has 8 heteroatoms. The normalized spacial score (nSPS) is 10.8. The third-order valence-electron chi connectivity index (χ3n) is 4.65. The van der Waals surface area contributed by atoms with Gasteiger partial charge in [0.05, 0.1) is 19.8 Å². The first-order valence-electron chi connectivity index (χ1n) is 8.95. The zero-order valence-electron chi connectivity index (χ0n) is 16.4. The third kappa shape index (κ3) is 3.57. The Bertz CT molecular complexity index is 1230. The molecule has 0 spiro atoms. The summed E-state index contributed by atoms with van der Waals surface area (Å²) in [7, 11) is 2.80. The second kappa shape index (κ2) is 8.08. The minimum atomic E-state index is -0.749. The van der Waals surface area contributed by atoms with Crippen molar-refractivity contribution in [3.63, 3.8) is 0 Å². The van der Waals surface area contributed by atoms with Crippen LogP contribution in [0.5, 0.6) is 5.75 Å². The number of hydrogen-bond donors (Lipinski definition) is 0. The summed E-state index contributed by atoms with van der Waals surface area (Å²) in [5.74, 6) is -0.308. The van der Waals surface area contributed by atoms with Gasteiger partial charge in [0, 0.05) is 16.7 Å². The highest BCUT2D eigenvalue weighted by atomic mass is 32.1. The number of benzene rings is 2. The number of thiophene rings is 1. The van der Waals surface area contributed by atoms with E-state index in [1.807, 2.05) is 25.1 Å². The molecule has 0 atom stereocenters. The Morgan fingerprint density at radius 1 is 1.07 bits per heavy atom. The highest BCUT2D eigenvalue weighted by Gasteiger charge is 2.18. The second-order valence-corrected chi connectivity index (χ2v) is 7.24. The SMILES string of the molecule is COC(=O)c1ccc(-c2noc(-c3ccc(-c4cscc4C)c(OC)c3)n2)cc1F. The number of halogens is 1. The minimum Gasteiger partial charge on any atom is -0.496 e. The molecule has 0 unspecified atom stereocenters. The highest BCUT2D eigenvalue weighted by Crippen LogP contribution is 2.37. The smallest absolute Gasteiger partial charge is 0.340 e. The fourth-order valence-electron chi connectivity index (χ4n) is 3.07. The fourth-order valence-corrected chi connectivity index (χ4v) is 3.92. The first-order valence-corrected chi connectivity index (χ1v) is 9.89. The maximum atomic E-state index is 14.2. The summed E-state index contributed by atoms with van der Waals surface area (Å²) >= 11 is 1.63. The van der Waals surface area contributed by atoms with Crippen molar-refractivity contribution in [2.24, 2.45) is 0 Å². The number of carbonyl (C=O) groups is 1. The van der Waals surface area contributed by atoms with E-state index in [4.69, 9.17) is 9.26 Å². The lowest BCUT2D eigenvalue weighted by Gasteiger charge is -2.09. The van der Waals surface area contributed by atoms with Crippen molar-refractivity contribution in [3.05, 3.63) is 64.1 Å². The number of rotatable bonds is 5. The lowest BCUT2D eigenvalue weighted by molar-refractivity contribution is 0.0595. The molecule has 0 aliphatic heterocycles. The van der Waals surface area contributed by atoms with Crippen LogP contribution in [0.15, 0.2) is 51.7 Å². The van der Waals surface area contributed by atoms with Crippen molar-refractivity contribution in [1.82, 2.24) is 10.1 Å². The van der Waals surface area contributed by atoms with Crippen LogP contribution in [0.2, 0.25) is 0 Å². The average Bonchev–Trinajstić information content (AvgIpc) is 3.42. The van der Waals surface area contributed by atoms with Gasteiger partial charge in [-0.2, -0.15) is 16.3 Å². The minimum absolute atomic E-state index is 0.158. The fraction of sp³-hybridized carbons (Fsp3) is 0.136. The Kier molecular flexibility index (Phi) is 5.33. The quantitative estimate of drug-likeness (QED) is 0.401. The van der Waals surface area contributed by atoms with Gasteiger partial charge in [0.15, 0.2) is 0 Å². The predicted molar refractivity (Wildman–Crippen MR) is 111 cm³/mol. The van der Waals surface area contributed by atoms with Crippen LogP contribution in [0.4, 0.5) is 4.39 Å². The molecule has 4 aromatic rings. The number of aryl methyl sites for hydroxylation is 1. The van der Waals surface area contributed by atoms with E-state index in [9.17, 15) is 9.18 Å². The third-order valence-corrected chi connectivity index (χ3v) is 5.51. The van der Waals surface area contributed by atoms with Gasteiger partial charge in [-0.1, -0.05) is 5.16 Å². The Morgan fingerprint density at radius 2 is 1.87 bits per heavy atom. The molecule has 0 aliphatic carbocycles. The van der Waals surface area contributed by atoms with Gasteiger partial charge in [0.1, 0.15) is 11.6 Å². The van der Waals surface area contributed by atoms with Crippen molar-refractivity contribution in [2.75, 3.05) is 14.2 Å². The van der Waals surface area contributed by atoms with E-state index >= 15 is 0 Å². The lowest BCUT2D eigenvalue weighted by atomic mass is 10.0. The van der Waals surface area contributed by atoms with Crippen molar-refractivity contribution >= 4 is 17.3 Å². The van der Waals surface area contributed by atoms with Gasteiger partial charge in [-0.15, -0.1) is 0 Å². The summed E-state index contributed by atoms with van der Waals surface area (Å²) in [6.45, 7) is 2.05. The van der Waals surface area contributed by atoms with E-state index < -0.39 is 11.8 Å². The first kappa shape index (κ1) is 19.8. The zero-order chi connectivity index (χ0) is 21.3. The Hall–Kier alpha value is -3.52. The van der Waals surface area contributed by atoms with Gasteiger partial charge in [-0.3, -0.25) is 0 Å². The Morgan fingerprint density at radius 3 is 2.53 bits per heavy atom. The van der Waals surface area contributed by atoms with E-state index in [0.717, 1.165) is 11.1 Å². The van der Waals surface area contributed by atoms with Gasteiger partial charge >= 0.3 is 5.97 Å². The molecule has 0 bridgehead atoms. The van der Waals surface area contributed by atoms with Gasteiger partial charge in [-0.25, -0.2) is 9.18 Å². The number of hydrogen-bond acceptors (Lipinski definition) is 7. The topological polar surface area (TPSA) is 74.5 Å². The van der Waals surface area contributed by atoms with E-state index in [1.165, 1.54) is 30.9 Å². The van der Waals surface area contributed by atoms with Crippen LogP contribution in [0.25, 0.3) is 34.0 Å². The van der Waals surface area contributed by atoms with Crippen LogP contribution in [-0.4, -0.2) is 30.3 Å². The number of carbonyl (C=O) groups excluding carboxylic acids is 1. The van der Waals surface area contributed by atoms with Crippen molar-refractivity contribution in [3.8, 4) is 39.7 Å². The number of ether oxygens (including phenoxy) is 2. The molecule has 0 N–H and O–H groups in total. The van der Waals surface area contributed by atoms with Gasteiger partial charge < -0.3 is 14.0 Å². The molecule has 30 heavy (non-hydrogen) atoms. The van der Waals surface area contributed by atoms with Crippen LogP contribution in [0.3, 0.4) is 0 Å². The molecular formula is C22H17FN2O4S. The van der Waals surface area contributed by atoms with E-state index in [1.54, 1.807) is 18.4 Å². The van der Waals surface area contributed by atoms with Crippen molar-refractivity contribution in [1.29, 1.82) is 0 Å². The standard InChI is InChI=1S/C22H17FN2O4S/c1-12-10-30-11-17(12)15-6-5-14(9-19(15)27-2)21-24-20(25-29-21)13-4-7-16(18(23)8-13)22(26)28-3/h4-11H,1-3H3. The molecule has 6 nitrogen and oxygen atoms in total. The van der Waals surface area contributed by atoms with Crippen LogP contribution < -0.4 is 4.74 Å². The Balaban J connectivity index is 1.67. The van der Waals surface area contributed by atoms with Crippen molar-refractivity contribution in [2.45, 2.75) is 6.92 Å². The molecule has 2 aromatic heterocycles. The number of methoxy groups -OCH3 is 2. The molecule has 0 amide bonds. The van der Waals surface area contributed by atoms with Crippen LogP contribution in [-0.2, 0) is 4.74 Å². The van der Waals surface area contributed by atoms with Crippen LogP contribution in [0, 0.1) is 12.7 Å². The number of aromatic nitrogens is 2. The second-order valence-electron chi connectivity index (χ2n) is 6.49. The largest absolute Gasteiger partial charge is 0.496 e. The molecular weight excluding hydrogens is 407 g/mol. The summed E-state index contributed by atoms with van der Waals surface area (Å²) < 4.78 is 29.7. The van der Waals surface area contributed by atoms with E-state index in [2.05, 4.69) is 25.6 Å². The maximum absolute atomic E-state index is 14.2. The summed E-state index contributed by atoms with van der Waals surface area (Å²) in [4.78, 5) is 15.9. The number of nitrogens with zero attached hydrogens (tertiary/aromatic N) is 2. The summed E-state index contributed by atoms with van der Waals surface area (Å²) in [5.41, 5.74) is 4.15. The van der Waals surface area contributed by atoms with E-state index in [0.29, 0.717) is 16.9 Å². The van der Waals surface area contributed by atoms with Crippen LogP contribution in [0.1, 0.15) is 15.9 Å². The van der Waals surface area contributed by atoms with Gasteiger partial charge in [-0.05, 0) is 65.2 Å². The summed E-state index contributed by atoms with van der Waals surface area (Å²) in [6, 6.07) is 9.67. The predicted octanol–water partition coefficient (Wildman–Crippen LogP) is 5.37. The van der Waals surface area contributed by atoms with Gasteiger partial charge in [0.2, 0.25) is 5.82 Å². The molecule has 4 rings (SSSR count). The molecule has 0 saturated carbocycles. The summed E-state index contributed by atoms with van der Waals surface area (Å²) in [5, 5.41) is 8.09. The molecule has 0 saturated heterocycles. The highest BCUT2D eigenvalue weighted by molar-refractivity contribution is 7.08. The first-order chi connectivity index (χ1) is 14.5. The van der Waals surface area contributed by atoms with Crippen molar-refractivity contribution < 1.29 is 23.2 Å². The van der Waals surface area contributed by atoms with Gasteiger partial charge in [0.25, 0.3) is 5.89 Å².